The van der Waals surface area contributed by atoms with Crippen LogP contribution < -0.4 is 10.1 Å². The van der Waals surface area contributed by atoms with E-state index < -0.39 is 0 Å². The highest BCUT2D eigenvalue weighted by molar-refractivity contribution is 5.94. The van der Waals surface area contributed by atoms with Gasteiger partial charge in [-0.05, 0) is 36.8 Å². The van der Waals surface area contributed by atoms with E-state index in [1.807, 2.05) is 35.2 Å². The Labute approximate surface area is 128 Å². The van der Waals surface area contributed by atoms with E-state index in [1.165, 1.54) is 0 Å². The number of likely N-dealkylation sites (tertiary alicyclic amines) is 1. The number of methoxy groups -OCH3 is 1. The number of amides is 1. The zero-order chi connectivity index (χ0) is 15.1. The summed E-state index contributed by atoms with van der Waals surface area (Å²) < 4.78 is 5.15. The van der Waals surface area contributed by atoms with Crippen molar-refractivity contribution < 1.29 is 9.53 Å². The number of aromatic nitrogens is 2. The van der Waals surface area contributed by atoms with Crippen LogP contribution in [0.1, 0.15) is 16.9 Å². The van der Waals surface area contributed by atoms with Crippen molar-refractivity contribution in [2.24, 2.45) is 0 Å². The molecule has 0 spiro atoms. The lowest BCUT2D eigenvalue weighted by atomic mass is 10.1. The fraction of sp³-hybridized carbons (Fsp3) is 0.375. The van der Waals surface area contributed by atoms with E-state index in [4.69, 9.17) is 4.74 Å². The Morgan fingerprint density at radius 1 is 1.36 bits per heavy atom. The number of fused-ring (bicyclic) bond motifs is 2. The summed E-state index contributed by atoms with van der Waals surface area (Å²) in [5, 5.41) is 10.5. The number of ether oxygens (including phenoxy) is 1. The standard InChI is InChI=1S/C16H18N4O2/c1-22-13-4-2-10(3-5-13)14-7-15(19-18-14)16(21)20-9-11-6-12(20)8-17-11/h2-5,7,11-12,17H,6,8-9H2,1H3,(H,18,19)/t11-,12-/m0/s1. The van der Waals surface area contributed by atoms with E-state index in [9.17, 15) is 4.79 Å². The van der Waals surface area contributed by atoms with E-state index in [-0.39, 0.29) is 5.91 Å². The molecule has 0 unspecified atom stereocenters. The fourth-order valence-corrected chi connectivity index (χ4v) is 3.31. The van der Waals surface area contributed by atoms with Gasteiger partial charge in [0.05, 0.1) is 12.8 Å². The van der Waals surface area contributed by atoms with Crippen LogP contribution >= 0.6 is 0 Å². The molecule has 0 aliphatic carbocycles. The third-order valence-electron chi connectivity index (χ3n) is 4.51. The lowest BCUT2D eigenvalue weighted by Gasteiger charge is -2.26. The van der Waals surface area contributed by atoms with Crippen molar-refractivity contribution in [1.82, 2.24) is 20.4 Å². The Balaban J connectivity index is 1.54. The van der Waals surface area contributed by atoms with Gasteiger partial charge in [-0.2, -0.15) is 5.10 Å². The van der Waals surface area contributed by atoms with Crippen molar-refractivity contribution in [2.45, 2.75) is 18.5 Å². The molecular weight excluding hydrogens is 280 g/mol. The van der Waals surface area contributed by atoms with Crippen molar-refractivity contribution in [3.63, 3.8) is 0 Å². The van der Waals surface area contributed by atoms with Gasteiger partial charge in [0, 0.05) is 30.7 Å². The molecule has 0 saturated carbocycles. The molecule has 1 aromatic heterocycles. The molecule has 2 atom stereocenters. The lowest BCUT2D eigenvalue weighted by Crippen LogP contribution is -2.46. The predicted octanol–water partition coefficient (Wildman–Crippen LogP) is 1.27. The van der Waals surface area contributed by atoms with Gasteiger partial charge in [0.25, 0.3) is 5.91 Å². The minimum absolute atomic E-state index is 0.0428. The largest absolute Gasteiger partial charge is 0.497 e. The van der Waals surface area contributed by atoms with Crippen molar-refractivity contribution in [3.8, 4) is 17.0 Å². The van der Waals surface area contributed by atoms with Crippen molar-refractivity contribution in [3.05, 3.63) is 36.0 Å². The summed E-state index contributed by atoms with van der Waals surface area (Å²) in [6, 6.07) is 10.2. The summed E-state index contributed by atoms with van der Waals surface area (Å²) >= 11 is 0. The molecule has 2 bridgehead atoms. The van der Waals surface area contributed by atoms with Crippen LogP contribution in [0.2, 0.25) is 0 Å². The second-order valence-electron chi connectivity index (χ2n) is 5.85. The van der Waals surface area contributed by atoms with Crippen LogP contribution in [0.4, 0.5) is 0 Å². The number of hydrogen-bond donors (Lipinski definition) is 2. The molecule has 2 N–H and O–H groups in total. The average molecular weight is 298 g/mol. The molecule has 1 aromatic carbocycles. The fourth-order valence-electron chi connectivity index (χ4n) is 3.31. The van der Waals surface area contributed by atoms with Crippen molar-refractivity contribution in [1.29, 1.82) is 0 Å². The summed E-state index contributed by atoms with van der Waals surface area (Å²) in [6.07, 6.45) is 1.06. The number of carbonyl (C=O) groups is 1. The molecule has 0 radical (unpaired) electrons. The molecule has 114 valence electrons. The molecule has 4 rings (SSSR count). The van der Waals surface area contributed by atoms with Crippen LogP contribution in [-0.2, 0) is 0 Å². The third-order valence-corrected chi connectivity index (χ3v) is 4.51. The van der Waals surface area contributed by atoms with Gasteiger partial charge in [-0.1, -0.05) is 0 Å². The van der Waals surface area contributed by atoms with Gasteiger partial charge in [0.1, 0.15) is 11.4 Å². The van der Waals surface area contributed by atoms with Crippen LogP contribution in [0.3, 0.4) is 0 Å². The van der Waals surface area contributed by atoms with Gasteiger partial charge in [-0.3, -0.25) is 9.89 Å². The third kappa shape index (κ3) is 2.16. The number of benzene rings is 1. The van der Waals surface area contributed by atoms with Gasteiger partial charge < -0.3 is 15.0 Å². The Morgan fingerprint density at radius 2 is 2.18 bits per heavy atom. The average Bonchev–Trinajstić information content (AvgIpc) is 3.30. The first-order valence-electron chi connectivity index (χ1n) is 7.49. The summed E-state index contributed by atoms with van der Waals surface area (Å²) in [6.45, 7) is 1.69. The van der Waals surface area contributed by atoms with Crippen molar-refractivity contribution >= 4 is 5.91 Å². The topological polar surface area (TPSA) is 70.2 Å². The van der Waals surface area contributed by atoms with Crippen LogP contribution in [0.25, 0.3) is 11.3 Å². The van der Waals surface area contributed by atoms with E-state index >= 15 is 0 Å². The van der Waals surface area contributed by atoms with E-state index in [0.717, 1.165) is 36.5 Å². The van der Waals surface area contributed by atoms with Crippen LogP contribution in [0, 0.1) is 0 Å². The number of carbonyl (C=O) groups excluding carboxylic acids is 1. The molecule has 22 heavy (non-hydrogen) atoms. The first-order chi connectivity index (χ1) is 10.7. The van der Waals surface area contributed by atoms with Gasteiger partial charge in [0.15, 0.2) is 0 Å². The normalized spacial score (nSPS) is 23.0. The summed E-state index contributed by atoms with van der Waals surface area (Å²) in [5.41, 5.74) is 2.28. The highest BCUT2D eigenvalue weighted by atomic mass is 16.5. The highest BCUT2D eigenvalue weighted by Gasteiger charge is 2.40. The Hall–Kier alpha value is -2.34. The molecule has 2 fully saturated rings. The van der Waals surface area contributed by atoms with Gasteiger partial charge in [-0.25, -0.2) is 0 Å². The molecule has 2 aromatic rings. The number of nitrogens with one attached hydrogen (secondary N) is 2. The second-order valence-corrected chi connectivity index (χ2v) is 5.85. The molecular formula is C16H18N4O2. The SMILES string of the molecule is COc1ccc(-c2cc(C(=O)N3C[C@@H]4C[C@H]3CN4)[nH]n2)cc1. The monoisotopic (exact) mass is 298 g/mol. The first-order valence-corrected chi connectivity index (χ1v) is 7.49. The molecule has 3 heterocycles. The summed E-state index contributed by atoms with van der Waals surface area (Å²) in [5.74, 6) is 0.845. The van der Waals surface area contributed by atoms with Crippen LogP contribution in [0.15, 0.2) is 30.3 Å². The smallest absolute Gasteiger partial charge is 0.272 e. The molecule has 6 nitrogen and oxygen atoms in total. The number of piperazine rings is 1. The Kier molecular flexibility index (Phi) is 3.11. The highest BCUT2D eigenvalue weighted by Crippen LogP contribution is 2.26. The maximum atomic E-state index is 12.6. The summed E-state index contributed by atoms with van der Waals surface area (Å²) in [4.78, 5) is 14.5. The number of H-pyrrole nitrogens is 1. The first kappa shape index (κ1) is 13.3. The lowest BCUT2D eigenvalue weighted by molar-refractivity contribution is 0.0710. The number of hydrogen-bond acceptors (Lipinski definition) is 4. The number of aromatic amines is 1. The van der Waals surface area contributed by atoms with E-state index in [1.54, 1.807) is 7.11 Å². The minimum Gasteiger partial charge on any atom is -0.497 e. The Bertz CT molecular complexity index is 694. The van der Waals surface area contributed by atoms with Gasteiger partial charge >= 0.3 is 0 Å². The zero-order valence-electron chi connectivity index (χ0n) is 12.4. The molecule has 6 heteroatoms. The molecule has 2 aliphatic rings. The predicted molar refractivity (Wildman–Crippen MR) is 81.8 cm³/mol. The minimum atomic E-state index is 0.0428. The van der Waals surface area contributed by atoms with E-state index in [2.05, 4.69) is 15.5 Å². The van der Waals surface area contributed by atoms with Crippen molar-refractivity contribution in [2.75, 3.05) is 20.2 Å². The van der Waals surface area contributed by atoms with Crippen LogP contribution in [-0.4, -0.2) is 53.3 Å². The maximum Gasteiger partial charge on any atom is 0.272 e. The van der Waals surface area contributed by atoms with Crippen LogP contribution in [0.5, 0.6) is 5.75 Å². The zero-order valence-corrected chi connectivity index (χ0v) is 12.4. The maximum absolute atomic E-state index is 12.6. The Morgan fingerprint density at radius 3 is 2.82 bits per heavy atom. The number of nitrogens with zero attached hydrogens (tertiary/aromatic N) is 2. The molecule has 2 aliphatic heterocycles. The molecule has 2 saturated heterocycles. The van der Waals surface area contributed by atoms with E-state index in [0.29, 0.717) is 17.8 Å². The number of rotatable bonds is 3. The quantitative estimate of drug-likeness (QED) is 0.895. The van der Waals surface area contributed by atoms with Gasteiger partial charge in [-0.15, -0.1) is 0 Å². The molecule has 1 amide bonds. The second kappa shape index (κ2) is 5.14. The van der Waals surface area contributed by atoms with Gasteiger partial charge in [0.2, 0.25) is 0 Å². The summed E-state index contributed by atoms with van der Waals surface area (Å²) in [7, 11) is 1.64.